The van der Waals surface area contributed by atoms with E-state index in [2.05, 4.69) is 0 Å². The van der Waals surface area contributed by atoms with Crippen molar-refractivity contribution in [2.75, 3.05) is 27.8 Å². The predicted octanol–water partition coefficient (Wildman–Crippen LogP) is 1.82. The van der Waals surface area contributed by atoms with Crippen LogP contribution in [-0.2, 0) is 11.3 Å². The van der Waals surface area contributed by atoms with Gasteiger partial charge in [0, 0.05) is 31.6 Å². The molecule has 2 N–H and O–H groups in total. The van der Waals surface area contributed by atoms with Gasteiger partial charge in [0.25, 0.3) is 0 Å². The van der Waals surface area contributed by atoms with Crippen LogP contribution in [0.2, 0.25) is 0 Å². The molecule has 0 saturated heterocycles. The van der Waals surface area contributed by atoms with Crippen LogP contribution in [0.25, 0.3) is 0 Å². The highest BCUT2D eigenvalue weighted by Crippen LogP contribution is 2.25. The number of carbonyl (C=O) groups excluding carboxylic acids is 1. The number of benzene rings is 1. The second kappa shape index (κ2) is 9.44. The quantitative estimate of drug-likeness (QED) is 0.834. The molecule has 0 aliphatic carbocycles. The molecule has 0 radical (unpaired) electrons. The Bertz CT molecular complexity index is 427. The topological polar surface area (TPSA) is 64.8 Å². The smallest absolute Gasteiger partial charge is 0.222 e. The van der Waals surface area contributed by atoms with Gasteiger partial charge in [0.1, 0.15) is 11.5 Å². The van der Waals surface area contributed by atoms with E-state index in [4.69, 9.17) is 15.2 Å². The molecule has 114 valence electrons. The Hall–Kier alpha value is -1.46. The van der Waals surface area contributed by atoms with Gasteiger partial charge in [-0.3, -0.25) is 4.79 Å². The highest BCUT2D eigenvalue weighted by Gasteiger charge is 2.12. The van der Waals surface area contributed by atoms with Crippen LogP contribution in [0.4, 0.5) is 0 Å². The molecule has 0 fully saturated rings. The third-order valence-corrected chi connectivity index (χ3v) is 2.92. The van der Waals surface area contributed by atoms with Crippen molar-refractivity contribution < 1.29 is 14.3 Å². The van der Waals surface area contributed by atoms with Gasteiger partial charge in [-0.25, -0.2) is 0 Å². The van der Waals surface area contributed by atoms with Crippen molar-refractivity contribution >= 4 is 18.3 Å². The summed E-state index contributed by atoms with van der Waals surface area (Å²) in [6.07, 6.45) is 1.19. The van der Waals surface area contributed by atoms with Crippen LogP contribution >= 0.6 is 12.4 Å². The van der Waals surface area contributed by atoms with E-state index >= 15 is 0 Å². The van der Waals surface area contributed by atoms with Gasteiger partial charge in [0.2, 0.25) is 5.91 Å². The van der Waals surface area contributed by atoms with Crippen LogP contribution in [0.3, 0.4) is 0 Å². The number of ether oxygens (including phenoxy) is 2. The van der Waals surface area contributed by atoms with E-state index in [-0.39, 0.29) is 18.3 Å². The summed E-state index contributed by atoms with van der Waals surface area (Å²) < 4.78 is 10.5. The molecule has 5 nitrogen and oxygen atoms in total. The Balaban J connectivity index is 0.00000361. The molecule has 0 aromatic heterocycles. The maximum Gasteiger partial charge on any atom is 0.222 e. The van der Waals surface area contributed by atoms with E-state index in [1.807, 2.05) is 18.2 Å². The summed E-state index contributed by atoms with van der Waals surface area (Å²) in [5.74, 6) is 1.54. The highest BCUT2D eigenvalue weighted by atomic mass is 35.5. The molecule has 1 amide bonds. The SMILES string of the molecule is COc1ccc(CN(C)C(=O)CCCN)c(OC)c1.Cl. The molecular formula is C14H23ClN2O3. The molecule has 0 saturated carbocycles. The van der Waals surface area contributed by atoms with Crippen LogP contribution in [0, 0.1) is 0 Å². The fourth-order valence-electron chi connectivity index (χ4n) is 1.77. The minimum absolute atomic E-state index is 0. The molecule has 0 atom stereocenters. The maximum absolute atomic E-state index is 11.8. The average molecular weight is 303 g/mol. The number of rotatable bonds is 7. The molecule has 1 aromatic rings. The molecule has 0 heterocycles. The molecule has 1 rings (SSSR count). The van der Waals surface area contributed by atoms with Crippen LogP contribution in [-0.4, -0.2) is 38.6 Å². The first-order valence-electron chi connectivity index (χ1n) is 6.27. The number of hydrogen-bond donors (Lipinski definition) is 1. The predicted molar refractivity (Wildman–Crippen MR) is 81.6 cm³/mol. The molecule has 0 aliphatic rings. The monoisotopic (exact) mass is 302 g/mol. The lowest BCUT2D eigenvalue weighted by molar-refractivity contribution is -0.130. The van der Waals surface area contributed by atoms with Gasteiger partial charge in [-0.15, -0.1) is 12.4 Å². The molecule has 0 bridgehead atoms. The molecule has 0 spiro atoms. The number of halogens is 1. The Kier molecular flexibility index (Phi) is 8.76. The summed E-state index contributed by atoms with van der Waals surface area (Å²) in [7, 11) is 4.99. The van der Waals surface area contributed by atoms with E-state index in [1.165, 1.54) is 0 Å². The van der Waals surface area contributed by atoms with Gasteiger partial charge >= 0.3 is 0 Å². The first-order valence-corrected chi connectivity index (χ1v) is 6.27. The van der Waals surface area contributed by atoms with E-state index in [9.17, 15) is 4.79 Å². The number of carbonyl (C=O) groups is 1. The maximum atomic E-state index is 11.8. The first kappa shape index (κ1) is 18.5. The van der Waals surface area contributed by atoms with Gasteiger partial charge in [-0.05, 0) is 25.1 Å². The van der Waals surface area contributed by atoms with Gasteiger partial charge < -0.3 is 20.1 Å². The first-order chi connectivity index (χ1) is 9.12. The lowest BCUT2D eigenvalue weighted by Gasteiger charge is -2.19. The lowest BCUT2D eigenvalue weighted by atomic mass is 10.1. The average Bonchev–Trinajstić information content (AvgIpc) is 2.44. The minimum atomic E-state index is 0. The fourth-order valence-corrected chi connectivity index (χ4v) is 1.77. The zero-order chi connectivity index (χ0) is 14.3. The minimum Gasteiger partial charge on any atom is -0.497 e. The lowest BCUT2D eigenvalue weighted by Crippen LogP contribution is -2.26. The second-order valence-corrected chi connectivity index (χ2v) is 4.32. The Morgan fingerprint density at radius 1 is 1.30 bits per heavy atom. The number of methoxy groups -OCH3 is 2. The molecular weight excluding hydrogens is 280 g/mol. The molecule has 6 heteroatoms. The van der Waals surface area contributed by atoms with Gasteiger partial charge in [-0.2, -0.15) is 0 Å². The van der Waals surface area contributed by atoms with Crippen molar-refractivity contribution in [2.24, 2.45) is 5.73 Å². The number of hydrogen-bond acceptors (Lipinski definition) is 4. The van der Waals surface area contributed by atoms with Gasteiger partial charge in [0.15, 0.2) is 0 Å². The summed E-state index contributed by atoms with van der Waals surface area (Å²) in [4.78, 5) is 13.5. The normalized spacial score (nSPS) is 9.60. The summed E-state index contributed by atoms with van der Waals surface area (Å²) in [5.41, 5.74) is 6.35. The van der Waals surface area contributed by atoms with Crippen LogP contribution in [0.1, 0.15) is 18.4 Å². The van der Waals surface area contributed by atoms with E-state index < -0.39 is 0 Å². The van der Waals surface area contributed by atoms with E-state index in [0.717, 1.165) is 17.1 Å². The third kappa shape index (κ3) is 5.27. The van der Waals surface area contributed by atoms with E-state index in [1.54, 1.807) is 26.2 Å². The standard InChI is InChI=1S/C14H22N2O3.ClH/c1-16(14(17)5-4-8-15)10-11-6-7-12(18-2)9-13(11)19-3;/h6-7,9H,4-5,8,10,15H2,1-3H3;1H. The van der Waals surface area contributed by atoms with Crippen LogP contribution < -0.4 is 15.2 Å². The molecule has 1 aromatic carbocycles. The van der Waals surface area contributed by atoms with Crippen molar-refractivity contribution in [3.05, 3.63) is 23.8 Å². The molecule has 20 heavy (non-hydrogen) atoms. The van der Waals surface area contributed by atoms with Crippen molar-refractivity contribution in [1.29, 1.82) is 0 Å². The Morgan fingerprint density at radius 2 is 2.00 bits per heavy atom. The van der Waals surface area contributed by atoms with Crippen molar-refractivity contribution in [3.63, 3.8) is 0 Å². The number of amides is 1. The fraction of sp³-hybridized carbons (Fsp3) is 0.500. The highest BCUT2D eigenvalue weighted by molar-refractivity contribution is 5.85. The van der Waals surface area contributed by atoms with Crippen LogP contribution in [0.15, 0.2) is 18.2 Å². The van der Waals surface area contributed by atoms with Crippen molar-refractivity contribution in [2.45, 2.75) is 19.4 Å². The van der Waals surface area contributed by atoms with Crippen LogP contribution in [0.5, 0.6) is 11.5 Å². The summed E-state index contributed by atoms with van der Waals surface area (Å²) in [6.45, 7) is 1.04. The largest absolute Gasteiger partial charge is 0.497 e. The summed E-state index contributed by atoms with van der Waals surface area (Å²) in [6, 6.07) is 5.58. The Labute approximate surface area is 126 Å². The summed E-state index contributed by atoms with van der Waals surface area (Å²) >= 11 is 0. The van der Waals surface area contributed by atoms with Gasteiger partial charge in [-0.1, -0.05) is 0 Å². The summed E-state index contributed by atoms with van der Waals surface area (Å²) in [5, 5.41) is 0. The Morgan fingerprint density at radius 3 is 2.55 bits per heavy atom. The molecule has 0 unspecified atom stereocenters. The number of nitrogens with two attached hydrogens (primary N) is 1. The third-order valence-electron chi connectivity index (χ3n) is 2.92. The zero-order valence-corrected chi connectivity index (χ0v) is 13.0. The van der Waals surface area contributed by atoms with Crippen molar-refractivity contribution in [1.82, 2.24) is 4.90 Å². The zero-order valence-electron chi connectivity index (χ0n) is 12.2. The van der Waals surface area contributed by atoms with Gasteiger partial charge in [0.05, 0.1) is 14.2 Å². The van der Waals surface area contributed by atoms with Crippen molar-refractivity contribution in [3.8, 4) is 11.5 Å². The second-order valence-electron chi connectivity index (χ2n) is 4.32. The number of nitrogens with zero attached hydrogens (tertiary/aromatic N) is 1. The van der Waals surface area contributed by atoms with E-state index in [0.29, 0.717) is 25.9 Å². The molecule has 0 aliphatic heterocycles.